The molecule has 0 saturated carbocycles. The Morgan fingerprint density at radius 3 is 2.52 bits per heavy atom. The molecule has 31 heavy (non-hydrogen) atoms. The van der Waals surface area contributed by atoms with Gasteiger partial charge in [0.1, 0.15) is 0 Å². The molecule has 0 spiro atoms. The molecule has 0 saturated heterocycles. The van der Waals surface area contributed by atoms with E-state index in [0.717, 1.165) is 12.1 Å². The van der Waals surface area contributed by atoms with E-state index in [1.807, 2.05) is 24.3 Å². The van der Waals surface area contributed by atoms with Crippen molar-refractivity contribution >= 4 is 16.8 Å². The van der Waals surface area contributed by atoms with Gasteiger partial charge in [-0.15, -0.1) is 0 Å². The van der Waals surface area contributed by atoms with Crippen LogP contribution in [0.5, 0.6) is 0 Å². The fourth-order valence-corrected chi connectivity index (χ4v) is 4.36. The summed E-state index contributed by atoms with van der Waals surface area (Å²) in [6, 6.07) is 24.8. The minimum Gasteiger partial charge on any atom is -0.356 e. The normalized spacial score (nSPS) is 13.1. The first-order valence-corrected chi connectivity index (χ1v) is 10.9. The molecule has 2 aromatic carbocycles. The van der Waals surface area contributed by atoms with Gasteiger partial charge in [0.15, 0.2) is 0 Å². The van der Waals surface area contributed by atoms with Crippen molar-refractivity contribution < 1.29 is 4.79 Å². The van der Waals surface area contributed by atoms with Crippen molar-refractivity contribution in [1.82, 2.24) is 14.9 Å². The van der Waals surface area contributed by atoms with Gasteiger partial charge in [-0.3, -0.25) is 9.78 Å². The second-order valence-corrected chi connectivity index (χ2v) is 8.14. The van der Waals surface area contributed by atoms with Gasteiger partial charge in [0.25, 0.3) is 0 Å². The summed E-state index contributed by atoms with van der Waals surface area (Å²) in [7, 11) is 2.07. The van der Waals surface area contributed by atoms with Crippen LogP contribution < -0.4 is 5.32 Å². The molecule has 4 heteroatoms. The fraction of sp³-hybridized carbons (Fsp3) is 0.259. The molecule has 4 aromatic rings. The van der Waals surface area contributed by atoms with Gasteiger partial charge in [0.2, 0.25) is 5.91 Å². The van der Waals surface area contributed by atoms with Gasteiger partial charge >= 0.3 is 0 Å². The Labute approximate surface area is 183 Å². The van der Waals surface area contributed by atoms with Crippen molar-refractivity contribution in [3.05, 3.63) is 102 Å². The molecule has 2 aromatic heterocycles. The van der Waals surface area contributed by atoms with Crippen LogP contribution in [0.4, 0.5) is 0 Å². The highest BCUT2D eigenvalue weighted by Gasteiger charge is 2.26. The van der Waals surface area contributed by atoms with Gasteiger partial charge in [-0.2, -0.15) is 0 Å². The quantitative estimate of drug-likeness (QED) is 0.433. The molecule has 0 unspecified atom stereocenters. The maximum absolute atomic E-state index is 13.0. The lowest BCUT2D eigenvalue weighted by Gasteiger charge is -2.24. The molecular formula is C27H29N3O. The highest BCUT2D eigenvalue weighted by Crippen LogP contribution is 2.39. The second-order valence-electron chi connectivity index (χ2n) is 8.14. The Kier molecular flexibility index (Phi) is 6.46. The molecule has 4 rings (SSSR count). The molecule has 1 N–H and O–H groups in total. The van der Waals surface area contributed by atoms with Gasteiger partial charge < -0.3 is 9.88 Å². The molecule has 4 nitrogen and oxygen atoms in total. The third kappa shape index (κ3) is 4.85. The molecule has 0 aliphatic carbocycles. The SMILES string of the molecule is C[C@@H](c1ccccc1)[C@@H](CC(=O)NCCc1ccccn1)c1cn(C)c2ccccc12. The first-order chi connectivity index (χ1) is 15.1. The summed E-state index contributed by atoms with van der Waals surface area (Å²) in [5.74, 6) is 0.383. The number of aromatic nitrogens is 2. The van der Waals surface area contributed by atoms with Gasteiger partial charge in [-0.25, -0.2) is 0 Å². The molecule has 1 amide bonds. The van der Waals surface area contributed by atoms with Crippen molar-refractivity contribution in [2.75, 3.05) is 6.54 Å². The number of amides is 1. The van der Waals surface area contributed by atoms with Crippen LogP contribution in [-0.2, 0) is 18.3 Å². The van der Waals surface area contributed by atoms with Crippen LogP contribution >= 0.6 is 0 Å². The number of rotatable bonds is 8. The number of para-hydroxylation sites is 1. The Balaban J connectivity index is 1.56. The predicted molar refractivity (Wildman–Crippen MR) is 126 cm³/mol. The molecule has 158 valence electrons. The number of fused-ring (bicyclic) bond motifs is 1. The first-order valence-electron chi connectivity index (χ1n) is 10.9. The van der Waals surface area contributed by atoms with Gasteiger partial charge in [0, 0.05) is 61.3 Å². The number of nitrogens with zero attached hydrogens (tertiary/aromatic N) is 2. The van der Waals surface area contributed by atoms with E-state index in [2.05, 4.69) is 83.6 Å². The zero-order chi connectivity index (χ0) is 21.6. The first kappa shape index (κ1) is 20.9. The van der Waals surface area contributed by atoms with Gasteiger partial charge in [-0.05, 0) is 35.2 Å². The molecule has 2 heterocycles. The van der Waals surface area contributed by atoms with E-state index in [1.165, 1.54) is 22.0 Å². The minimum atomic E-state index is 0.0802. The maximum Gasteiger partial charge on any atom is 0.220 e. The highest BCUT2D eigenvalue weighted by molar-refractivity contribution is 5.86. The standard InChI is InChI=1S/C27H29N3O/c1-20(21-10-4-3-5-11-21)24(25-19-30(2)26-14-7-6-13-23(25)26)18-27(31)29-17-15-22-12-8-9-16-28-22/h3-14,16,19-20,24H,15,17-18H2,1-2H3,(H,29,31)/t20-,24+/m0/s1. The highest BCUT2D eigenvalue weighted by atomic mass is 16.1. The number of benzene rings is 2. The largest absolute Gasteiger partial charge is 0.356 e. The summed E-state index contributed by atoms with van der Waals surface area (Å²) in [5, 5.41) is 4.33. The van der Waals surface area contributed by atoms with Gasteiger partial charge in [0.05, 0.1) is 0 Å². The van der Waals surface area contributed by atoms with Crippen LogP contribution in [-0.4, -0.2) is 22.0 Å². The third-order valence-electron chi connectivity index (χ3n) is 6.09. The van der Waals surface area contributed by atoms with Crippen molar-refractivity contribution in [2.24, 2.45) is 7.05 Å². The molecule has 0 fully saturated rings. The number of hydrogen-bond donors (Lipinski definition) is 1. The average molecular weight is 412 g/mol. The topological polar surface area (TPSA) is 46.9 Å². The van der Waals surface area contributed by atoms with Crippen LogP contribution in [0.3, 0.4) is 0 Å². The number of pyridine rings is 1. The fourth-order valence-electron chi connectivity index (χ4n) is 4.36. The van der Waals surface area contributed by atoms with E-state index < -0.39 is 0 Å². The van der Waals surface area contributed by atoms with Crippen molar-refractivity contribution in [3.8, 4) is 0 Å². The number of carbonyl (C=O) groups is 1. The van der Waals surface area contributed by atoms with E-state index in [1.54, 1.807) is 6.20 Å². The lowest BCUT2D eigenvalue weighted by atomic mass is 9.80. The maximum atomic E-state index is 13.0. The Morgan fingerprint density at radius 1 is 1.00 bits per heavy atom. The monoisotopic (exact) mass is 411 g/mol. The van der Waals surface area contributed by atoms with E-state index in [4.69, 9.17) is 0 Å². The summed E-state index contributed by atoms with van der Waals surface area (Å²) in [5.41, 5.74) is 4.67. The van der Waals surface area contributed by atoms with Crippen molar-refractivity contribution in [1.29, 1.82) is 0 Å². The zero-order valence-electron chi connectivity index (χ0n) is 18.2. The molecule has 0 aliphatic rings. The molecule has 0 aliphatic heterocycles. The lowest BCUT2D eigenvalue weighted by molar-refractivity contribution is -0.121. The second kappa shape index (κ2) is 9.61. The lowest BCUT2D eigenvalue weighted by Crippen LogP contribution is -2.28. The van der Waals surface area contributed by atoms with E-state index >= 15 is 0 Å². The van der Waals surface area contributed by atoms with E-state index in [0.29, 0.717) is 13.0 Å². The molecule has 2 atom stereocenters. The number of aryl methyl sites for hydroxylation is 1. The number of nitrogens with one attached hydrogen (secondary N) is 1. The van der Waals surface area contributed by atoms with E-state index in [-0.39, 0.29) is 17.7 Å². The third-order valence-corrected chi connectivity index (χ3v) is 6.09. The Morgan fingerprint density at radius 2 is 1.74 bits per heavy atom. The Hall–Kier alpha value is -3.40. The summed E-state index contributed by atoms with van der Waals surface area (Å²) in [4.78, 5) is 17.3. The van der Waals surface area contributed by atoms with Crippen LogP contribution in [0, 0.1) is 0 Å². The van der Waals surface area contributed by atoms with E-state index in [9.17, 15) is 4.79 Å². The Bertz CT molecular complexity index is 1140. The van der Waals surface area contributed by atoms with Crippen molar-refractivity contribution in [3.63, 3.8) is 0 Å². The van der Waals surface area contributed by atoms with Crippen LogP contribution in [0.25, 0.3) is 10.9 Å². The summed E-state index contributed by atoms with van der Waals surface area (Å²) in [6.45, 7) is 2.82. The summed E-state index contributed by atoms with van der Waals surface area (Å²) < 4.78 is 2.16. The molecule has 0 bridgehead atoms. The van der Waals surface area contributed by atoms with Crippen molar-refractivity contribution in [2.45, 2.75) is 31.6 Å². The number of carbonyl (C=O) groups excluding carboxylic acids is 1. The summed E-state index contributed by atoms with van der Waals surface area (Å²) >= 11 is 0. The average Bonchev–Trinajstić information content (AvgIpc) is 3.15. The zero-order valence-corrected chi connectivity index (χ0v) is 18.2. The van der Waals surface area contributed by atoms with Crippen LogP contribution in [0.2, 0.25) is 0 Å². The summed E-state index contributed by atoms with van der Waals surface area (Å²) in [6.07, 6.45) is 5.16. The van der Waals surface area contributed by atoms with Gasteiger partial charge in [-0.1, -0.05) is 61.5 Å². The van der Waals surface area contributed by atoms with Crippen LogP contribution in [0.15, 0.2) is 85.2 Å². The number of hydrogen-bond acceptors (Lipinski definition) is 2. The molecular weight excluding hydrogens is 382 g/mol. The smallest absolute Gasteiger partial charge is 0.220 e. The van der Waals surface area contributed by atoms with Crippen LogP contribution in [0.1, 0.15) is 42.0 Å². The minimum absolute atomic E-state index is 0.0802. The molecule has 0 radical (unpaired) electrons. The predicted octanol–water partition coefficient (Wildman–Crippen LogP) is 5.21.